The average molecular weight is 545 g/mol. The standard InChI is InChI=1S/C17H18O4.C15H14O4/c1-3-4-9-21-17(19)15-8-6-12-10-14(16(18)20-2)7-5-13(12)11-15;1-3-19-15(17)13-7-5-10-8-12(14(16)18-2)6-4-11(10)9-13/h5-8,10-11H,3-4,9H2,1-2H3;4-9H,3H2,1-2H3. The van der Waals surface area contributed by atoms with E-state index in [0.29, 0.717) is 35.5 Å². The number of carbonyl (C=O) groups excluding carboxylic acids is 4. The van der Waals surface area contributed by atoms with E-state index >= 15 is 0 Å². The Bertz CT molecular complexity index is 1520. The second-order valence-corrected chi connectivity index (χ2v) is 8.75. The van der Waals surface area contributed by atoms with Gasteiger partial charge in [0.25, 0.3) is 0 Å². The smallest absolute Gasteiger partial charge is 0.338 e. The lowest BCUT2D eigenvalue weighted by Gasteiger charge is -2.06. The SMILES string of the molecule is CCCCOC(=O)c1ccc2cc(C(=O)OC)ccc2c1.CCOC(=O)c1ccc2cc(C(=O)OC)ccc2c1. The average Bonchev–Trinajstić information content (AvgIpc) is 2.99. The van der Waals surface area contributed by atoms with E-state index in [9.17, 15) is 19.2 Å². The number of unbranched alkanes of at least 4 members (excludes halogenated alkanes) is 1. The van der Waals surface area contributed by atoms with Crippen LogP contribution in [0.5, 0.6) is 0 Å². The van der Waals surface area contributed by atoms with E-state index in [2.05, 4.69) is 9.47 Å². The maximum atomic E-state index is 11.9. The number of esters is 4. The highest BCUT2D eigenvalue weighted by molar-refractivity contribution is 6.00. The normalized spacial score (nSPS) is 10.3. The van der Waals surface area contributed by atoms with Crippen molar-refractivity contribution in [1.82, 2.24) is 0 Å². The van der Waals surface area contributed by atoms with Gasteiger partial charge >= 0.3 is 23.9 Å². The second-order valence-electron chi connectivity index (χ2n) is 8.75. The molecule has 0 radical (unpaired) electrons. The summed E-state index contributed by atoms with van der Waals surface area (Å²) < 4.78 is 19.5. The zero-order valence-corrected chi connectivity index (χ0v) is 23.0. The minimum atomic E-state index is -0.378. The number of carbonyl (C=O) groups is 4. The van der Waals surface area contributed by atoms with Crippen LogP contribution in [0.3, 0.4) is 0 Å². The fourth-order valence-corrected chi connectivity index (χ4v) is 3.84. The van der Waals surface area contributed by atoms with Crippen molar-refractivity contribution in [1.29, 1.82) is 0 Å². The molecule has 0 aliphatic carbocycles. The molecule has 8 heteroatoms. The molecule has 0 bridgehead atoms. The van der Waals surface area contributed by atoms with E-state index in [-0.39, 0.29) is 23.9 Å². The number of ether oxygens (including phenoxy) is 4. The number of hydrogen-bond donors (Lipinski definition) is 0. The summed E-state index contributed by atoms with van der Waals surface area (Å²) in [7, 11) is 2.69. The molecular formula is C32H32O8. The van der Waals surface area contributed by atoms with E-state index in [4.69, 9.17) is 9.47 Å². The molecular weight excluding hydrogens is 512 g/mol. The quantitative estimate of drug-likeness (QED) is 0.143. The van der Waals surface area contributed by atoms with Gasteiger partial charge in [-0.05, 0) is 83.4 Å². The zero-order chi connectivity index (χ0) is 29.1. The third-order valence-electron chi connectivity index (χ3n) is 6.00. The van der Waals surface area contributed by atoms with Crippen molar-refractivity contribution in [2.24, 2.45) is 0 Å². The maximum Gasteiger partial charge on any atom is 0.338 e. The van der Waals surface area contributed by atoms with Gasteiger partial charge in [0, 0.05) is 0 Å². The predicted octanol–water partition coefficient (Wildman–Crippen LogP) is 6.39. The van der Waals surface area contributed by atoms with Gasteiger partial charge in [-0.3, -0.25) is 0 Å². The van der Waals surface area contributed by atoms with Gasteiger partial charge in [-0.2, -0.15) is 0 Å². The van der Waals surface area contributed by atoms with Crippen LogP contribution in [0.4, 0.5) is 0 Å². The third kappa shape index (κ3) is 7.66. The molecule has 0 atom stereocenters. The molecule has 0 saturated carbocycles. The van der Waals surface area contributed by atoms with Crippen molar-refractivity contribution in [3.63, 3.8) is 0 Å². The molecule has 0 aliphatic heterocycles. The molecule has 0 saturated heterocycles. The summed E-state index contributed by atoms with van der Waals surface area (Å²) in [6.07, 6.45) is 1.85. The molecule has 0 unspecified atom stereocenters. The number of benzene rings is 4. The Hall–Kier alpha value is -4.72. The lowest BCUT2D eigenvalue weighted by atomic mass is 10.0. The number of methoxy groups -OCH3 is 2. The Morgan fingerprint density at radius 3 is 1.20 bits per heavy atom. The summed E-state index contributed by atoms with van der Waals surface area (Å²) >= 11 is 0. The fraction of sp³-hybridized carbons (Fsp3) is 0.250. The van der Waals surface area contributed by atoms with Crippen LogP contribution in [0.1, 0.15) is 68.1 Å². The Balaban J connectivity index is 0.000000222. The molecule has 208 valence electrons. The Morgan fingerprint density at radius 2 is 0.875 bits per heavy atom. The molecule has 0 heterocycles. The van der Waals surface area contributed by atoms with Crippen LogP contribution in [0.2, 0.25) is 0 Å². The molecule has 0 spiro atoms. The first-order valence-electron chi connectivity index (χ1n) is 12.9. The molecule has 40 heavy (non-hydrogen) atoms. The molecule has 4 aromatic rings. The monoisotopic (exact) mass is 544 g/mol. The number of fused-ring (bicyclic) bond motifs is 2. The van der Waals surface area contributed by atoms with Crippen molar-refractivity contribution >= 4 is 45.4 Å². The summed E-state index contributed by atoms with van der Waals surface area (Å²) in [5, 5.41) is 3.50. The van der Waals surface area contributed by atoms with Crippen LogP contribution in [0, 0.1) is 0 Å². The summed E-state index contributed by atoms with van der Waals surface area (Å²) in [6, 6.07) is 20.9. The highest BCUT2D eigenvalue weighted by Gasteiger charge is 2.11. The van der Waals surface area contributed by atoms with Gasteiger partial charge in [0.1, 0.15) is 0 Å². The van der Waals surface area contributed by atoms with E-state index in [0.717, 1.165) is 34.4 Å². The van der Waals surface area contributed by atoms with Gasteiger partial charge in [0.05, 0.1) is 49.7 Å². The van der Waals surface area contributed by atoms with Crippen LogP contribution in [-0.2, 0) is 18.9 Å². The lowest BCUT2D eigenvalue weighted by Crippen LogP contribution is -2.06. The summed E-state index contributed by atoms with van der Waals surface area (Å²) in [5.74, 6) is -1.42. The van der Waals surface area contributed by atoms with Crippen molar-refractivity contribution < 1.29 is 38.1 Å². The molecule has 4 rings (SSSR count). The number of rotatable bonds is 8. The van der Waals surface area contributed by atoms with E-state index in [1.807, 2.05) is 6.92 Å². The van der Waals surface area contributed by atoms with Gasteiger partial charge in [-0.15, -0.1) is 0 Å². The van der Waals surface area contributed by atoms with Crippen LogP contribution in [0.15, 0.2) is 72.8 Å². The molecule has 0 aromatic heterocycles. The van der Waals surface area contributed by atoms with E-state index in [1.165, 1.54) is 14.2 Å². The van der Waals surface area contributed by atoms with Gasteiger partial charge in [-0.1, -0.05) is 37.6 Å². The van der Waals surface area contributed by atoms with Crippen LogP contribution in [-0.4, -0.2) is 51.3 Å². The largest absolute Gasteiger partial charge is 0.465 e. The van der Waals surface area contributed by atoms with Crippen molar-refractivity contribution in [2.75, 3.05) is 27.4 Å². The van der Waals surface area contributed by atoms with Crippen molar-refractivity contribution in [2.45, 2.75) is 26.7 Å². The van der Waals surface area contributed by atoms with Crippen LogP contribution in [0.25, 0.3) is 21.5 Å². The molecule has 0 aliphatic rings. The van der Waals surface area contributed by atoms with Crippen LogP contribution < -0.4 is 0 Å². The Kier molecular flexibility index (Phi) is 10.8. The highest BCUT2D eigenvalue weighted by Crippen LogP contribution is 2.20. The molecule has 0 N–H and O–H groups in total. The summed E-state index contributed by atoms with van der Waals surface area (Å²) in [5.41, 5.74) is 1.99. The molecule has 0 amide bonds. The first-order chi connectivity index (χ1) is 19.3. The molecule has 8 nitrogen and oxygen atoms in total. The zero-order valence-electron chi connectivity index (χ0n) is 23.0. The minimum Gasteiger partial charge on any atom is -0.465 e. The van der Waals surface area contributed by atoms with E-state index < -0.39 is 0 Å². The molecule has 0 fully saturated rings. The topological polar surface area (TPSA) is 105 Å². The first kappa shape index (κ1) is 29.8. The minimum absolute atomic E-state index is 0.317. The van der Waals surface area contributed by atoms with Crippen molar-refractivity contribution in [3.8, 4) is 0 Å². The second kappa shape index (κ2) is 14.4. The van der Waals surface area contributed by atoms with Crippen molar-refractivity contribution in [3.05, 3.63) is 95.1 Å². The van der Waals surface area contributed by atoms with Gasteiger partial charge in [-0.25, -0.2) is 19.2 Å². The predicted molar refractivity (Wildman–Crippen MR) is 152 cm³/mol. The highest BCUT2D eigenvalue weighted by atomic mass is 16.5. The summed E-state index contributed by atoms with van der Waals surface area (Å²) in [4.78, 5) is 46.4. The van der Waals surface area contributed by atoms with Gasteiger partial charge in [0.2, 0.25) is 0 Å². The summed E-state index contributed by atoms with van der Waals surface area (Å²) in [6.45, 7) is 4.59. The van der Waals surface area contributed by atoms with E-state index in [1.54, 1.807) is 79.7 Å². The Labute approximate surface area is 232 Å². The fourth-order valence-electron chi connectivity index (χ4n) is 3.84. The Morgan fingerprint density at radius 1 is 0.525 bits per heavy atom. The van der Waals surface area contributed by atoms with Gasteiger partial charge < -0.3 is 18.9 Å². The van der Waals surface area contributed by atoms with Gasteiger partial charge in [0.15, 0.2) is 0 Å². The first-order valence-corrected chi connectivity index (χ1v) is 12.9. The lowest BCUT2D eigenvalue weighted by molar-refractivity contribution is 0.0496. The molecule has 4 aromatic carbocycles. The maximum absolute atomic E-state index is 11.9. The third-order valence-corrected chi connectivity index (χ3v) is 6.00. The van der Waals surface area contributed by atoms with Crippen LogP contribution >= 0.6 is 0 Å². The number of hydrogen-bond acceptors (Lipinski definition) is 8.